The summed E-state index contributed by atoms with van der Waals surface area (Å²) in [6.45, 7) is 0.461. The van der Waals surface area contributed by atoms with Crippen LogP contribution in [0.15, 0.2) is 78.9 Å². The summed E-state index contributed by atoms with van der Waals surface area (Å²) in [7, 11) is 1.86. The number of Topliss-reactive ketones (excluding diaryl/α,β-unsaturated/α-hetero) is 1. The van der Waals surface area contributed by atoms with Crippen molar-refractivity contribution in [2.45, 2.75) is 11.5 Å². The summed E-state index contributed by atoms with van der Waals surface area (Å²) >= 11 is 0. The van der Waals surface area contributed by atoms with Crippen LogP contribution < -0.4 is 5.32 Å². The standard InChI is InChI=1S/C25H21N3O4/c1-27-15-19(16-11-13-18(14-12-16)28(31)32)22(23(29)17-7-3-2-4-8-17)25(27)20-9-5-6-10-21(20)26-24(25)30/h2-14,19,22H,15H2,1H3,(H,26,30)/t19-,22+,25+/m0/s1. The highest BCUT2D eigenvalue weighted by Crippen LogP contribution is 2.55. The van der Waals surface area contributed by atoms with E-state index in [4.69, 9.17) is 0 Å². The number of rotatable bonds is 4. The average Bonchev–Trinajstić information content (AvgIpc) is 3.29. The molecule has 3 atom stereocenters. The van der Waals surface area contributed by atoms with Gasteiger partial charge < -0.3 is 5.32 Å². The number of benzene rings is 3. The van der Waals surface area contributed by atoms with Crippen LogP contribution in [0.5, 0.6) is 0 Å². The second-order valence-corrected chi connectivity index (χ2v) is 8.31. The van der Waals surface area contributed by atoms with Crippen molar-refractivity contribution in [1.82, 2.24) is 4.90 Å². The monoisotopic (exact) mass is 427 g/mol. The van der Waals surface area contributed by atoms with Crippen LogP contribution in [-0.4, -0.2) is 35.1 Å². The molecule has 2 aliphatic heterocycles. The normalized spacial score (nSPS) is 24.3. The van der Waals surface area contributed by atoms with Crippen LogP contribution in [0.2, 0.25) is 0 Å². The molecule has 1 saturated heterocycles. The highest BCUT2D eigenvalue weighted by molar-refractivity contribution is 6.12. The number of amides is 1. The molecule has 1 N–H and O–H groups in total. The number of likely N-dealkylation sites (N-methyl/N-ethyl adjacent to an activating group) is 1. The molecule has 0 radical (unpaired) electrons. The first-order valence-electron chi connectivity index (χ1n) is 10.4. The Hall–Kier alpha value is -3.84. The van der Waals surface area contributed by atoms with E-state index in [0.717, 1.165) is 11.1 Å². The zero-order valence-corrected chi connectivity index (χ0v) is 17.4. The molecule has 1 spiro atoms. The maximum absolute atomic E-state index is 14.0. The minimum Gasteiger partial charge on any atom is -0.324 e. The van der Waals surface area contributed by atoms with Gasteiger partial charge in [-0.15, -0.1) is 0 Å². The molecule has 1 amide bonds. The highest BCUT2D eigenvalue weighted by Gasteiger charge is 2.64. The third-order valence-corrected chi connectivity index (χ3v) is 6.73. The Morgan fingerprint density at radius 2 is 1.69 bits per heavy atom. The number of carbonyl (C=O) groups excluding carboxylic acids is 2. The Morgan fingerprint density at radius 1 is 1.03 bits per heavy atom. The van der Waals surface area contributed by atoms with Gasteiger partial charge in [0.2, 0.25) is 5.91 Å². The summed E-state index contributed by atoms with van der Waals surface area (Å²) in [5.74, 6) is -1.35. The first-order chi connectivity index (χ1) is 15.4. The number of nitro groups is 1. The predicted molar refractivity (Wildman–Crippen MR) is 119 cm³/mol. The van der Waals surface area contributed by atoms with E-state index in [0.29, 0.717) is 17.8 Å². The first kappa shape index (κ1) is 20.1. The highest BCUT2D eigenvalue weighted by atomic mass is 16.6. The largest absolute Gasteiger partial charge is 0.324 e. The van der Waals surface area contributed by atoms with Crippen LogP contribution >= 0.6 is 0 Å². The van der Waals surface area contributed by atoms with Gasteiger partial charge in [0.25, 0.3) is 5.69 Å². The number of likely N-dealkylation sites (tertiary alicyclic amines) is 1. The predicted octanol–water partition coefficient (Wildman–Crippen LogP) is 3.97. The molecular formula is C25H21N3O4. The summed E-state index contributed by atoms with van der Waals surface area (Å²) in [6, 6.07) is 22.8. The van der Waals surface area contributed by atoms with Crippen molar-refractivity contribution in [2.24, 2.45) is 5.92 Å². The topological polar surface area (TPSA) is 92.5 Å². The summed E-state index contributed by atoms with van der Waals surface area (Å²) in [4.78, 5) is 40.1. The van der Waals surface area contributed by atoms with Gasteiger partial charge in [-0.3, -0.25) is 24.6 Å². The maximum Gasteiger partial charge on any atom is 0.269 e. The molecule has 0 unspecified atom stereocenters. The van der Waals surface area contributed by atoms with Crippen LogP contribution in [-0.2, 0) is 10.3 Å². The fourth-order valence-corrected chi connectivity index (χ4v) is 5.32. The quantitative estimate of drug-likeness (QED) is 0.386. The number of non-ortho nitro benzene ring substituents is 1. The van der Waals surface area contributed by atoms with Crippen molar-refractivity contribution in [3.63, 3.8) is 0 Å². The van der Waals surface area contributed by atoms with Gasteiger partial charge in [-0.25, -0.2) is 0 Å². The van der Waals surface area contributed by atoms with Crippen molar-refractivity contribution in [3.8, 4) is 0 Å². The molecule has 7 heteroatoms. The number of carbonyl (C=O) groups is 2. The molecule has 3 aromatic carbocycles. The maximum atomic E-state index is 14.0. The lowest BCUT2D eigenvalue weighted by atomic mass is 9.70. The van der Waals surface area contributed by atoms with Crippen LogP contribution in [0.3, 0.4) is 0 Å². The Morgan fingerprint density at radius 3 is 2.38 bits per heavy atom. The van der Waals surface area contributed by atoms with Crippen LogP contribution in [0.1, 0.15) is 27.4 Å². The molecule has 0 bridgehead atoms. The zero-order chi connectivity index (χ0) is 22.5. The number of nitro benzene ring substituents is 1. The van der Waals surface area contributed by atoms with E-state index in [9.17, 15) is 19.7 Å². The van der Waals surface area contributed by atoms with E-state index in [1.165, 1.54) is 12.1 Å². The summed E-state index contributed by atoms with van der Waals surface area (Å²) in [5.41, 5.74) is 1.66. The van der Waals surface area contributed by atoms with Gasteiger partial charge in [-0.2, -0.15) is 0 Å². The lowest BCUT2D eigenvalue weighted by Gasteiger charge is -2.35. The SMILES string of the molecule is CN1C[C@@H](c2ccc([N+](=O)[O-])cc2)[C@H](C(=O)c2ccccc2)[C@]12C(=O)Nc1ccccc12. The van der Waals surface area contributed by atoms with Gasteiger partial charge in [-0.1, -0.05) is 60.7 Å². The van der Waals surface area contributed by atoms with Crippen molar-refractivity contribution in [3.05, 3.63) is 106 Å². The van der Waals surface area contributed by atoms with Gasteiger partial charge in [0.15, 0.2) is 5.78 Å². The third-order valence-electron chi connectivity index (χ3n) is 6.73. The van der Waals surface area contributed by atoms with Gasteiger partial charge in [-0.05, 0) is 18.7 Å². The molecule has 3 aromatic rings. The molecule has 0 aliphatic carbocycles. The molecule has 7 nitrogen and oxygen atoms in total. The molecule has 0 aromatic heterocycles. The molecule has 0 saturated carbocycles. The van der Waals surface area contributed by atoms with Crippen molar-refractivity contribution in [1.29, 1.82) is 0 Å². The second kappa shape index (κ2) is 7.39. The Labute approximate surface area is 184 Å². The van der Waals surface area contributed by atoms with Gasteiger partial charge in [0.1, 0.15) is 5.54 Å². The number of nitrogens with zero attached hydrogens (tertiary/aromatic N) is 2. The van der Waals surface area contributed by atoms with Crippen LogP contribution in [0.25, 0.3) is 0 Å². The van der Waals surface area contributed by atoms with Gasteiger partial charge >= 0.3 is 0 Å². The Kier molecular flexibility index (Phi) is 4.64. The number of fused-ring (bicyclic) bond motifs is 2. The molecule has 160 valence electrons. The molecular weight excluding hydrogens is 406 g/mol. The minimum atomic E-state index is -1.16. The van der Waals surface area contributed by atoms with E-state index in [-0.39, 0.29) is 23.3 Å². The van der Waals surface area contributed by atoms with E-state index in [1.807, 2.05) is 54.4 Å². The van der Waals surface area contributed by atoms with Crippen LogP contribution in [0.4, 0.5) is 11.4 Å². The van der Waals surface area contributed by atoms with Crippen molar-refractivity contribution >= 4 is 23.1 Å². The van der Waals surface area contributed by atoms with E-state index < -0.39 is 16.4 Å². The minimum absolute atomic E-state index is 0.00953. The van der Waals surface area contributed by atoms with E-state index in [1.54, 1.807) is 24.3 Å². The second-order valence-electron chi connectivity index (χ2n) is 8.31. The van der Waals surface area contributed by atoms with Gasteiger partial charge in [0.05, 0.1) is 10.8 Å². The third kappa shape index (κ3) is 2.78. The number of ketones is 1. The molecule has 1 fully saturated rings. The summed E-state index contributed by atoms with van der Waals surface area (Å²) < 4.78 is 0. The number of hydrogen-bond acceptors (Lipinski definition) is 5. The van der Waals surface area contributed by atoms with Crippen molar-refractivity contribution < 1.29 is 14.5 Å². The first-order valence-corrected chi connectivity index (χ1v) is 10.4. The fourth-order valence-electron chi connectivity index (χ4n) is 5.32. The summed E-state index contributed by atoms with van der Waals surface area (Å²) in [5, 5.41) is 14.1. The number of para-hydroxylation sites is 1. The molecule has 5 rings (SSSR count). The average molecular weight is 427 g/mol. The molecule has 2 aliphatic rings. The van der Waals surface area contributed by atoms with Crippen LogP contribution in [0, 0.1) is 16.0 Å². The zero-order valence-electron chi connectivity index (χ0n) is 17.4. The fraction of sp³-hybridized carbons (Fsp3) is 0.200. The summed E-state index contributed by atoms with van der Waals surface area (Å²) in [6.07, 6.45) is 0. The number of nitrogens with one attached hydrogen (secondary N) is 1. The molecule has 32 heavy (non-hydrogen) atoms. The number of hydrogen-bond donors (Lipinski definition) is 1. The smallest absolute Gasteiger partial charge is 0.269 e. The lowest BCUT2D eigenvalue weighted by molar-refractivity contribution is -0.384. The van der Waals surface area contributed by atoms with Gasteiger partial charge in [0, 0.05) is 41.4 Å². The number of anilines is 1. The Bertz CT molecular complexity index is 1230. The van der Waals surface area contributed by atoms with E-state index in [2.05, 4.69) is 5.32 Å². The lowest BCUT2D eigenvalue weighted by Crippen LogP contribution is -2.51. The van der Waals surface area contributed by atoms with E-state index >= 15 is 0 Å². The van der Waals surface area contributed by atoms with Crippen molar-refractivity contribution in [2.75, 3.05) is 18.9 Å². The molecule has 2 heterocycles. The Balaban J connectivity index is 1.70.